The van der Waals surface area contributed by atoms with Gasteiger partial charge in [-0.05, 0) is 36.5 Å². The van der Waals surface area contributed by atoms with Crippen LogP contribution in [0.15, 0.2) is 18.2 Å². The summed E-state index contributed by atoms with van der Waals surface area (Å²) in [7, 11) is 0. The van der Waals surface area contributed by atoms with E-state index >= 15 is 0 Å². The van der Waals surface area contributed by atoms with Crippen LogP contribution in [-0.4, -0.2) is 5.97 Å². The molecule has 0 spiro atoms. The average Bonchev–Trinajstić information content (AvgIpc) is 2.38. The lowest BCUT2D eigenvalue weighted by molar-refractivity contribution is 0.0503. The number of rotatable bonds is 2. The third-order valence-corrected chi connectivity index (χ3v) is 3.47. The fraction of sp³-hybridized carbons (Fsp3) is 0.462. The van der Waals surface area contributed by atoms with Gasteiger partial charge in [-0.1, -0.05) is 25.3 Å². The first-order valence-electron chi connectivity index (χ1n) is 6.03. The Morgan fingerprint density at radius 3 is 2.53 bits per heavy atom. The second-order valence-corrected chi connectivity index (χ2v) is 4.58. The number of hydrogen-bond acceptors (Lipinski definition) is 4. The molecule has 0 amide bonds. The van der Waals surface area contributed by atoms with E-state index in [-0.39, 0.29) is 0 Å². The van der Waals surface area contributed by atoms with Crippen molar-refractivity contribution in [2.75, 3.05) is 5.73 Å². The van der Waals surface area contributed by atoms with Crippen molar-refractivity contribution in [3.63, 3.8) is 0 Å². The quantitative estimate of drug-likeness (QED) is 0.608. The van der Waals surface area contributed by atoms with Gasteiger partial charge in [0.15, 0.2) is 0 Å². The summed E-state index contributed by atoms with van der Waals surface area (Å²) in [5.74, 6) is 4.83. The fourth-order valence-electron chi connectivity index (χ4n) is 2.56. The second-order valence-electron chi connectivity index (χ2n) is 4.58. The van der Waals surface area contributed by atoms with E-state index in [4.69, 9.17) is 11.6 Å². The minimum absolute atomic E-state index is 0.407. The Morgan fingerprint density at radius 1 is 1.24 bits per heavy atom. The summed E-state index contributed by atoms with van der Waals surface area (Å²) in [6.07, 6.45) is 6.21. The topological polar surface area (TPSA) is 78.3 Å². The number of carbonyl (C=O) groups excluding carboxylic acids is 1. The monoisotopic (exact) mass is 234 g/mol. The van der Waals surface area contributed by atoms with E-state index in [0.29, 0.717) is 17.2 Å². The summed E-state index contributed by atoms with van der Waals surface area (Å²) in [6.45, 7) is 0. The van der Waals surface area contributed by atoms with Crippen molar-refractivity contribution in [3.05, 3.63) is 29.3 Å². The summed E-state index contributed by atoms with van der Waals surface area (Å²) in [5.41, 5.74) is 8.22. The zero-order valence-corrected chi connectivity index (χ0v) is 9.82. The van der Waals surface area contributed by atoms with Gasteiger partial charge in [-0.3, -0.25) is 0 Å². The Morgan fingerprint density at radius 2 is 1.94 bits per heavy atom. The molecule has 1 saturated carbocycles. The predicted molar refractivity (Wildman–Crippen MR) is 66.3 cm³/mol. The van der Waals surface area contributed by atoms with Crippen LogP contribution in [0.25, 0.3) is 0 Å². The van der Waals surface area contributed by atoms with Crippen LogP contribution in [0.1, 0.15) is 53.9 Å². The summed E-state index contributed by atoms with van der Waals surface area (Å²) in [6, 6.07) is 5.31. The maximum atomic E-state index is 11.3. The molecule has 1 aromatic carbocycles. The molecule has 1 fully saturated rings. The SMILES string of the molecule is NOC(=O)c1ccc(C2CCCCC2)c(N)c1. The van der Waals surface area contributed by atoms with Gasteiger partial charge in [0.1, 0.15) is 0 Å². The number of hydrogen-bond donors (Lipinski definition) is 2. The normalized spacial score (nSPS) is 16.8. The maximum Gasteiger partial charge on any atom is 0.356 e. The number of carbonyl (C=O) groups is 1. The highest BCUT2D eigenvalue weighted by Crippen LogP contribution is 2.35. The molecule has 2 rings (SSSR count). The largest absolute Gasteiger partial charge is 0.398 e. The molecular weight excluding hydrogens is 216 g/mol. The van der Waals surface area contributed by atoms with Crippen LogP contribution in [0.2, 0.25) is 0 Å². The number of nitrogen functional groups attached to an aromatic ring is 1. The van der Waals surface area contributed by atoms with Crippen LogP contribution in [0.5, 0.6) is 0 Å². The third-order valence-electron chi connectivity index (χ3n) is 3.47. The van der Waals surface area contributed by atoms with Crippen LogP contribution in [0, 0.1) is 0 Å². The van der Waals surface area contributed by atoms with Gasteiger partial charge in [-0.25, -0.2) is 4.79 Å². The van der Waals surface area contributed by atoms with Gasteiger partial charge in [0, 0.05) is 5.69 Å². The van der Waals surface area contributed by atoms with Crippen LogP contribution >= 0.6 is 0 Å². The smallest absolute Gasteiger partial charge is 0.356 e. The molecule has 0 aromatic heterocycles. The molecule has 4 heteroatoms. The minimum atomic E-state index is -0.549. The van der Waals surface area contributed by atoms with E-state index in [9.17, 15) is 4.79 Å². The molecule has 1 aliphatic rings. The molecule has 0 heterocycles. The van der Waals surface area contributed by atoms with Gasteiger partial charge in [-0.15, -0.1) is 0 Å². The summed E-state index contributed by atoms with van der Waals surface area (Å²) >= 11 is 0. The molecule has 0 aliphatic heterocycles. The summed E-state index contributed by atoms with van der Waals surface area (Å²) < 4.78 is 0. The first-order chi connectivity index (χ1) is 8.22. The Bertz CT molecular complexity index is 412. The summed E-state index contributed by atoms with van der Waals surface area (Å²) in [4.78, 5) is 15.4. The van der Waals surface area contributed by atoms with Crippen molar-refractivity contribution in [1.82, 2.24) is 0 Å². The number of nitrogens with two attached hydrogens (primary N) is 2. The molecular formula is C13H18N2O2. The van der Waals surface area contributed by atoms with E-state index in [1.807, 2.05) is 6.07 Å². The molecule has 0 radical (unpaired) electrons. The molecule has 0 bridgehead atoms. The van der Waals surface area contributed by atoms with Gasteiger partial charge in [0.25, 0.3) is 0 Å². The van der Waals surface area contributed by atoms with Crippen molar-refractivity contribution >= 4 is 11.7 Å². The van der Waals surface area contributed by atoms with Crippen LogP contribution in [-0.2, 0) is 4.84 Å². The highest BCUT2D eigenvalue weighted by molar-refractivity contribution is 5.90. The molecule has 4 nitrogen and oxygen atoms in total. The zero-order chi connectivity index (χ0) is 12.3. The van der Waals surface area contributed by atoms with Gasteiger partial charge in [0.2, 0.25) is 0 Å². The Balaban J connectivity index is 2.21. The lowest BCUT2D eigenvalue weighted by Crippen LogP contribution is -2.12. The molecule has 92 valence electrons. The van der Waals surface area contributed by atoms with E-state index < -0.39 is 5.97 Å². The molecule has 0 atom stereocenters. The average molecular weight is 234 g/mol. The van der Waals surface area contributed by atoms with Crippen LogP contribution < -0.4 is 11.6 Å². The van der Waals surface area contributed by atoms with Crippen molar-refractivity contribution in [2.24, 2.45) is 5.90 Å². The van der Waals surface area contributed by atoms with Crippen molar-refractivity contribution in [3.8, 4) is 0 Å². The van der Waals surface area contributed by atoms with Gasteiger partial charge in [0.05, 0.1) is 5.56 Å². The highest BCUT2D eigenvalue weighted by Gasteiger charge is 2.18. The lowest BCUT2D eigenvalue weighted by Gasteiger charge is -2.23. The molecule has 0 unspecified atom stereocenters. The first kappa shape index (κ1) is 11.9. The first-order valence-corrected chi connectivity index (χ1v) is 6.03. The molecule has 17 heavy (non-hydrogen) atoms. The van der Waals surface area contributed by atoms with E-state index in [2.05, 4.69) is 4.84 Å². The standard InChI is InChI=1S/C13H18N2O2/c14-12-8-10(13(16)17-15)6-7-11(12)9-4-2-1-3-5-9/h6-9H,1-5,14-15H2. The third kappa shape index (κ3) is 2.58. The van der Waals surface area contributed by atoms with E-state index in [1.165, 1.54) is 32.1 Å². The molecule has 1 aliphatic carbocycles. The van der Waals surface area contributed by atoms with E-state index in [1.54, 1.807) is 12.1 Å². The van der Waals surface area contributed by atoms with Gasteiger partial charge in [-0.2, -0.15) is 5.90 Å². The van der Waals surface area contributed by atoms with E-state index in [0.717, 1.165) is 5.56 Å². The van der Waals surface area contributed by atoms with Crippen molar-refractivity contribution in [2.45, 2.75) is 38.0 Å². The van der Waals surface area contributed by atoms with Crippen molar-refractivity contribution in [1.29, 1.82) is 0 Å². The van der Waals surface area contributed by atoms with Gasteiger partial charge >= 0.3 is 5.97 Å². The van der Waals surface area contributed by atoms with Gasteiger partial charge < -0.3 is 10.6 Å². The number of benzene rings is 1. The van der Waals surface area contributed by atoms with Crippen LogP contribution in [0.3, 0.4) is 0 Å². The van der Waals surface area contributed by atoms with Crippen LogP contribution in [0.4, 0.5) is 5.69 Å². The molecule has 4 N–H and O–H groups in total. The van der Waals surface area contributed by atoms with Crippen molar-refractivity contribution < 1.29 is 9.63 Å². The minimum Gasteiger partial charge on any atom is -0.398 e. The lowest BCUT2D eigenvalue weighted by atomic mass is 9.83. The second kappa shape index (κ2) is 5.19. The summed E-state index contributed by atoms with van der Waals surface area (Å²) in [5, 5.41) is 0. The fourth-order valence-corrected chi connectivity index (χ4v) is 2.56. The Hall–Kier alpha value is -1.55. The predicted octanol–water partition coefficient (Wildman–Crippen LogP) is 2.35. The maximum absolute atomic E-state index is 11.3. The Labute approximate surface area is 101 Å². The molecule has 1 aromatic rings. The zero-order valence-electron chi connectivity index (χ0n) is 9.82. The Kier molecular flexibility index (Phi) is 3.64. The number of anilines is 1. The highest BCUT2D eigenvalue weighted by atomic mass is 16.7. The molecule has 0 saturated heterocycles.